The molecule has 2 atom stereocenters. The lowest BCUT2D eigenvalue weighted by atomic mass is 10.1. The van der Waals surface area contributed by atoms with Crippen LogP contribution in [0.1, 0.15) is 26.7 Å². The summed E-state index contributed by atoms with van der Waals surface area (Å²) in [6, 6.07) is 0. The molecule has 0 radical (unpaired) electrons. The molecule has 62 valence electrons. The number of rotatable bonds is 4. The smallest absolute Gasteiger partial charge is 0.120 e. The highest BCUT2D eigenvalue weighted by Crippen LogP contribution is 2.61. The van der Waals surface area contributed by atoms with Crippen LogP contribution in [0.4, 0.5) is 0 Å². The Labute approximate surface area is 68.5 Å². The molecule has 0 aromatic heterocycles. The Morgan fingerprint density at radius 2 is 1.91 bits per heavy atom. The van der Waals surface area contributed by atoms with Crippen LogP contribution in [0.25, 0.3) is 0 Å². The van der Waals surface area contributed by atoms with E-state index >= 15 is 0 Å². The average molecular weight is 152 g/mol. The van der Waals surface area contributed by atoms with Gasteiger partial charge in [0, 0.05) is 6.42 Å². The molecule has 0 heterocycles. The van der Waals surface area contributed by atoms with E-state index in [2.05, 4.69) is 20.4 Å². The van der Waals surface area contributed by atoms with Gasteiger partial charge in [0.15, 0.2) is 0 Å². The molecular formula is C10H16O. The van der Waals surface area contributed by atoms with Crippen molar-refractivity contribution in [3.63, 3.8) is 0 Å². The number of carbonyl (C=O) groups excluding carboxylic acids is 1. The highest BCUT2D eigenvalue weighted by atomic mass is 16.1. The van der Waals surface area contributed by atoms with Crippen LogP contribution in [-0.2, 0) is 4.79 Å². The lowest BCUT2D eigenvalue weighted by Gasteiger charge is -1.97. The van der Waals surface area contributed by atoms with Crippen molar-refractivity contribution >= 4 is 6.29 Å². The van der Waals surface area contributed by atoms with E-state index in [1.807, 2.05) is 6.08 Å². The Hall–Kier alpha value is -0.590. The molecule has 1 heteroatoms. The van der Waals surface area contributed by atoms with Crippen molar-refractivity contribution in [3.05, 3.63) is 12.7 Å². The molecule has 0 aromatic carbocycles. The maximum atomic E-state index is 10.3. The van der Waals surface area contributed by atoms with Gasteiger partial charge in [-0.3, -0.25) is 0 Å². The molecule has 0 bridgehead atoms. The fourth-order valence-corrected chi connectivity index (χ4v) is 2.08. The molecular weight excluding hydrogens is 136 g/mol. The number of hydrogen-bond donors (Lipinski definition) is 0. The molecule has 11 heavy (non-hydrogen) atoms. The van der Waals surface area contributed by atoms with Gasteiger partial charge >= 0.3 is 0 Å². The van der Waals surface area contributed by atoms with Crippen LogP contribution in [0.5, 0.6) is 0 Å². The summed E-state index contributed by atoms with van der Waals surface area (Å²) in [7, 11) is 0. The van der Waals surface area contributed by atoms with E-state index in [0.29, 0.717) is 17.3 Å². The van der Waals surface area contributed by atoms with Crippen LogP contribution in [0, 0.1) is 17.3 Å². The van der Waals surface area contributed by atoms with E-state index in [1.165, 1.54) is 0 Å². The number of hydrogen-bond acceptors (Lipinski definition) is 1. The maximum absolute atomic E-state index is 10.3. The molecule has 0 spiro atoms. The first kappa shape index (κ1) is 8.51. The fourth-order valence-electron chi connectivity index (χ4n) is 2.08. The van der Waals surface area contributed by atoms with Gasteiger partial charge in [0.25, 0.3) is 0 Å². The Morgan fingerprint density at radius 3 is 2.36 bits per heavy atom. The molecule has 1 nitrogen and oxygen atoms in total. The summed E-state index contributed by atoms with van der Waals surface area (Å²) in [5, 5.41) is 0. The van der Waals surface area contributed by atoms with Gasteiger partial charge in [-0.25, -0.2) is 0 Å². The molecule has 0 amide bonds. The van der Waals surface area contributed by atoms with E-state index in [0.717, 1.165) is 19.1 Å². The minimum Gasteiger partial charge on any atom is -0.303 e. The fraction of sp³-hybridized carbons (Fsp3) is 0.700. The van der Waals surface area contributed by atoms with E-state index in [9.17, 15) is 4.79 Å². The first-order chi connectivity index (χ1) is 5.14. The first-order valence-corrected chi connectivity index (χ1v) is 4.19. The zero-order valence-electron chi connectivity index (χ0n) is 7.34. The third-order valence-electron chi connectivity index (χ3n) is 3.06. The van der Waals surface area contributed by atoms with Crippen molar-refractivity contribution in [1.82, 2.24) is 0 Å². The van der Waals surface area contributed by atoms with Crippen molar-refractivity contribution in [3.8, 4) is 0 Å². The normalized spacial score (nSPS) is 32.9. The highest BCUT2D eigenvalue weighted by molar-refractivity contribution is 5.51. The van der Waals surface area contributed by atoms with Gasteiger partial charge in [0.2, 0.25) is 0 Å². The lowest BCUT2D eigenvalue weighted by molar-refractivity contribution is -0.108. The van der Waals surface area contributed by atoms with Crippen molar-refractivity contribution in [2.45, 2.75) is 26.7 Å². The Balaban J connectivity index is 2.45. The van der Waals surface area contributed by atoms with Gasteiger partial charge < -0.3 is 4.79 Å². The minimum atomic E-state index is 0.384. The van der Waals surface area contributed by atoms with Crippen LogP contribution in [0.3, 0.4) is 0 Å². The second kappa shape index (κ2) is 2.80. The lowest BCUT2D eigenvalue weighted by Crippen LogP contribution is -1.90. The number of carbonyl (C=O) groups is 1. The van der Waals surface area contributed by atoms with Gasteiger partial charge in [-0.1, -0.05) is 19.9 Å². The zero-order chi connectivity index (χ0) is 8.48. The van der Waals surface area contributed by atoms with Crippen molar-refractivity contribution in [1.29, 1.82) is 0 Å². The second-order valence-corrected chi connectivity index (χ2v) is 3.96. The molecule has 0 unspecified atom stereocenters. The Morgan fingerprint density at radius 1 is 1.36 bits per heavy atom. The predicted octanol–water partition coefficient (Wildman–Crippen LogP) is 2.42. The second-order valence-electron chi connectivity index (χ2n) is 3.96. The molecule has 0 aromatic rings. The van der Waals surface area contributed by atoms with Gasteiger partial charge in [-0.05, 0) is 23.7 Å². The minimum absolute atomic E-state index is 0.384. The van der Waals surface area contributed by atoms with E-state index < -0.39 is 0 Å². The van der Waals surface area contributed by atoms with Crippen LogP contribution in [0.2, 0.25) is 0 Å². The third kappa shape index (κ3) is 1.37. The SMILES string of the molecule is C=CC[C@H]1[C@@H](CC=O)C1(C)C. The summed E-state index contributed by atoms with van der Waals surface area (Å²) >= 11 is 0. The predicted molar refractivity (Wildman–Crippen MR) is 46.3 cm³/mol. The molecule has 1 fully saturated rings. The summed E-state index contributed by atoms with van der Waals surface area (Å²) in [5.41, 5.74) is 0.384. The van der Waals surface area contributed by atoms with Gasteiger partial charge in [-0.15, -0.1) is 6.58 Å². The van der Waals surface area contributed by atoms with Crippen molar-refractivity contribution in [2.24, 2.45) is 17.3 Å². The summed E-state index contributed by atoms with van der Waals surface area (Å²) in [6.45, 7) is 8.18. The van der Waals surface area contributed by atoms with E-state index in [-0.39, 0.29) is 0 Å². The molecule has 1 rings (SSSR count). The van der Waals surface area contributed by atoms with Gasteiger partial charge in [0.05, 0.1) is 0 Å². The van der Waals surface area contributed by atoms with Crippen LogP contribution < -0.4 is 0 Å². The molecule has 1 saturated carbocycles. The van der Waals surface area contributed by atoms with Crippen LogP contribution in [-0.4, -0.2) is 6.29 Å². The average Bonchev–Trinajstić information content (AvgIpc) is 2.41. The summed E-state index contributed by atoms with van der Waals surface area (Å²) in [5.74, 6) is 1.31. The van der Waals surface area contributed by atoms with Gasteiger partial charge in [0.1, 0.15) is 6.29 Å². The third-order valence-corrected chi connectivity index (χ3v) is 3.06. The summed E-state index contributed by atoms with van der Waals surface area (Å²) in [4.78, 5) is 10.3. The standard InChI is InChI=1S/C10H16O/c1-4-5-8-9(6-7-11)10(8,2)3/h4,7-9H,1,5-6H2,2-3H3/t8-,9+/m0/s1. The molecule has 1 aliphatic carbocycles. The van der Waals surface area contributed by atoms with Crippen molar-refractivity contribution in [2.75, 3.05) is 0 Å². The molecule has 1 aliphatic rings. The largest absolute Gasteiger partial charge is 0.303 e. The van der Waals surface area contributed by atoms with Crippen molar-refractivity contribution < 1.29 is 4.79 Å². The summed E-state index contributed by atoms with van der Waals surface area (Å²) in [6.07, 6.45) is 4.78. The van der Waals surface area contributed by atoms with Crippen LogP contribution >= 0.6 is 0 Å². The molecule has 0 saturated heterocycles. The van der Waals surface area contributed by atoms with Gasteiger partial charge in [-0.2, -0.15) is 0 Å². The first-order valence-electron chi connectivity index (χ1n) is 4.19. The van der Waals surface area contributed by atoms with E-state index in [4.69, 9.17) is 0 Å². The quantitative estimate of drug-likeness (QED) is 0.446. The van der Waals surface area contributed by atoms with Crippen LogP contribution in [0.15, 0.2) is 12.7 Å². The monoisotopic (exact) mass is 152 g/mol. The Bertz CT molecular complexity index is 152. The zero-order valence-corrected chi connectivity index (χ0v) is 7.34. The highest BCUT2D eigenvalue weighted by Gasteiger charge is 2.55. The van der Waals surface area contributed by atoms with E-state index in [1.54, 1.807) is 0 Å². The number of allylic oxidation sites excluding steroid dienone is 1. The maximum Gasteiger partial charge on any atom is 0.120 e. The number of aldehydes is 1. The molecule has 0 N–H and O–H groups in total. The topological polar surface area (TPSA) is 17.1 Å². The molecule has 0 aliphatic heterocycles. The Kier molecular flexibility index (Phi) is 2.17. The summed E-state index contributed by atoms with van der Waals surface area (Å²) < 4.78 is 0.